The lowest BCUT2D eigenvalue weighted by Gasteiger charge is -2.09. The second kappa shape index (κ2) is 10.3. The molecule has 0 atom stereocenters. The van der Waals surface area contributed by atoms with Crippen LogP contribution in [0.3, 0.4) is 0 Å². The molecule has 0 aliphatic rings. The van der Waals surface area contributed by atoms with Crippen molar-refractivity contribution >= 4 is 55.3 Å². The smallest absolute Gasteiger partial charge is 0.345 e. The molecular formula is C34H23ClN2O4. The molecule has 7 rings (SSSR count). The van der Waals surface area contributed by atoms with Crippen molar-refractivity contribution in [3.8, 4) is 0 Å². The Morgan fingerprint density at radius 2 is 0.976 bits per heavy atom. The number of nitrogens with zero attached hydrogens (tertiary/aromatic N) is 2. The summed E-state index contributed by atoms with van der Waals surface area (Å²) in [5.41, 5.74) is 5.72. The number of rotatable bonds is 6. The zero-order valence-electron chi connectivity index (χ0n) is 21.9. The third-order valence-electron chi connectivity index (χ3n) is 7.44. The summed E-state index contributed by atoms with van der Waals surface area (Å²) in [6.07, 6.45) is 6.54. The molecule has 0 spiro atoms. The molecule has 7 aromatic rings. The molecule has 4 heterocycles. The summed E-state index contributed by atoms with van der Waals surface area (Å²) in [5.74, 6) is 0. The fourth-order valence-corrected chi connectivity index (χ4v) is 5.71. The van der Waals surface area contributed by atoms with Gasteiger partial charge in [-0.2, -0.15) is 0 Å². The minimum absolute atomic E-state index is 0.382. The normalized spacial score (nSPS) is 11.6. The summed E-state index contributed by atoms with van der Waals surface area (Å²) in [6, 6.07) is 24.7. The predicted molar refractivity (Wildman–Crippen MR) is 162 cm³/mol. The lowest BCUT2D eigenvalue weighted by atomic mass is 9.99. The summed E-state index contributed by atoms with van der Waals surface area (Å²) < 4.78 is 11.0. The number of halogens is 1. The Hall–Kier alpha value is -4.81. The Bertz CT molecular complexity index is 2080. The average Bonchev–Trinajstić information content (AvgIpc) is 2.99. The number of pyridine rings is 2. The van der Waals surface area contributed by atoms with Gasteiger partial charge in [-0.3, -0.25) is 9.97 Å². The van der Waals surface area contributed by atoms with Crippen molar-refractivity contribution in [3.05, 3.63) is 139 Å². The first-order chi connectivity index (χ1) is 20.0. The highest BCUT2D eigenvalue weighted by Crippen LogP contribution is 2.24. The zero-order chi connectivity index (χ0) is 27.9. The minimum Gasteiger partial charge on any atom is -0.422 e. The third-order valence-corrected chi connectivity index (χ3v) is 7.66. The largest absolute Gasteiger partial charge is 0.422 e. The van der Waals surface area contributed by atoms with Crippen LogP contribution in [0.1, 0.15) is 22.3 Å². The van der Waals surface area contributed by atoms with Gasteiger partial charge >= 0.3 is 11.3 Å². The van der Waals surface area contributed by atoms with Gasteiger partial charge in [-0.05, 0) is 96.5 Å². The molecule has 3 aromatic carbocycles. The Morgan fingerprint density at radius 3 is 1.46 bits per heavy atom. The fourth-order valence-electron chi connectivity index (χ4n) is 5.43. The van der Waals surface area contributed by atoms with Gasteiger partial charge in [0, 0.05) is 28.2 Å². The number of aryl methyl sites for hydroxylation is 4. The van der Waals surface area contributed by atoms with Crippen LogP contribution in [0.4, 0.5) is 0 Å². The van der Waals surface area contributed by atoms with E-state index in [9.17, 15) is 9.59 Å². The van der Waals surface area contributed by atoms with Crippen molar-refractivity contribution in [2.45, 2.75) is 25.7 Å². The zero-order valence-corrected chi connectivity index (χ0v) is 22.6. The molecular weight excluding hydrogens is 536 g/mol. The second-order valence-electron chi connectivity index (χ2n) is 10.2. The summed E-state index contributed by atoms with van der Waals surface area (Å²) in [7, 11) is 0. The highest BCUT2D eigenvalue weighted by atomic mass is 35.5. The van der Waals surface area contributed by atoms with E-state index in [1.807, 2.05) is 73.1 Å². The van der Waals surface area contributed by atoms with E-state index in [1.165, 1.54) is 0 Å². The highest BCUT2D eigenvalue weighted by molar-refractivity contribution is 6.30. The number of fused-ring (bicyclic) bond motifs is 6. The molecule has 0 unspecified atom stereocenters. The summed E-state index contributed by atoms with van der Waals surface area (Å²) >= 11 is 6.49. The van der Waals surface area contributed by atoms with Crippen LogP contribution in [0.15, 0.2) is 110 Å². The van der Waals surface area contributed by atoms with E-state index in [-0.39, 0.29) is 11.3 Å². The van der Waals surface area contributed by atoms with Gasteiger partial charge < -0.3 is 8.83 Å². The SMILES string of the molecule is O=c1oc2ccccc2c2ncc(CCc3cc(Cl)cc(CCc4cnc5c(c4)c(=O)oc4ccccc45)c3)cc12. The van der Waals surface area contributed by atoms with Crippen LogP contribution < -0.4 is 11.3 Å². The minimum atomic E-state index is -0.382. The summed E-state index contributed by atoms with van der Waals surface area (Å²) in [4.78, 5) is 34.4. The average molecular weight is 559 g/mol. The summed E-state index contributed by atoms with van der Waals surface area (Å²) in [5, 5.41) is 3.29. The van der Waals surface area contributed by atoms with Crippen LogP contribution in [0, 0.1) is 0 Å². The lowest BCUT2D eigenvalue weighted by molar-refractivity contribution is 0.569. The van der Waals surface area contributed by atoms with E-state index < -0.39 is 0 Å². The van der Waals surface area contributed by atoms with Crippen molar-refractivity contribution in [2.75, 3.05) is 0 Å². The van der Waals surface area contributed by atoms with Gasteiger partial charge in [0.2, 0.25) is 0 Å². The molecule has 200 valence electrons. The Morgan fingerprint density at radius 1 is 0.537 bits per heavy atom. The van der Waals surface area contributed by atoms with Crippen LogP contribution in [0.25, 0.3) is 43.7 Å². The van der Waals surface area contributed by atoms with Gasteiger partial charge in [0.1, 0.15) is 11.2 Å². The maximum Gasteiger partial charge on any atom is 0.345 e. The van der Waals surface area contributed by atoms with Crippen LogP contribution >= 0.6 is 11.6 Å². The second-order valence-corrected chi connectivity index (χ2v) is 10.7. The standard InChI is InChI=1S/C34H23ClN2O4/c35-24-14-20(9-11-22-16-27-31(36-18-22)25-5-1-3-7-29(25)40-33(27)38)13-21(15-24)10-12-23-17-28-32(37-19-23)26-6-2-4-8-30(26)41-34(28)39/h1-8,13-19H,9-12H2. The van der Waals surface area contributed by atoms with Crippen LogP contribution in [0.2, 0.25) is 5.02 Å². The first-order valence-electron chi connectivity index (χ1n) is 13.4. The molecule has 7 heteroatoms. The molecule has 0 saturated heterocycles. The Balaban J connectivity index is 1.09. The van der Waals surface area contributed by atoms with Gasteiger partial charge in [-0.25, -0.2) is 9.59 Å². The van der Waals surface area contributed by atoms with Crippen LogP contribution in [0.5, 0.6) is 0 Å². The van der Waals surface area contributed by atoms with E-state index in [0.29, 0.717) is 50.8 Å². The topological polar surface area (TPSA) is 86.2 Å². The predicted octanol–water partition coefficient (Wildman–Crippen LogP) is 7.22. The van der Waals surface area contributed by atoms with Crippen molar-refractivity contribution in [2.24, 2.45) is 0 Å². The maximum atomic E-state index is 12.6. The van der Waals surface area contributed by atoms with Gasteiger partial charge in [0.05, 0.1) is 21.8 Å². The van der Waals surface area contributed by atoms with Crippen molar-refractivity contribution in [1.29, 1.82) is 0 Å². The number of para-hydroxylation sites is 2. The highest BCUT2D eigenvalue weighted by Gasteiger charge is 2.11. The molecule has 0 N–H and O–H groups in total. The van der Waals surface area contributed by atoms with E-state index in [1.54, 1.807) is 12.1 Å². The van der Waals surface area contributed by atoms with E-state index in [4.69, 9.17) is 20.4 Å². The number of hydrogen-bond acceptors (Lipinski definition) is 6. The molecule has 0 bridgehead atoms. The van der Waals surface area contributed by atoms with Gasteiger partial charge in [0.15, 0.2) is 0 Å². The van der Waals surface area contributed by atoms with Crippen molar-refractivity contribution in [3.63, 3.8) is 0 Å². The monoisotopic (exact) mass is 558 g/mol. The number of benzene rings is 3. The number of aromatic nitrogens is 2. The lowest BCUT2D eigenvalue weighted by Crippen LogP contribution is -2.03. The Labute approximate surface area is 238 Å². The quantitative estimate of drug-likeness (QED) is 0.158. The first kappa shape index (κ1) is 25.2. The summed E-state index contributed by atoms with van der Waals surface area (Å²) in [6.45, 7) is 0. The first-order valence-corrected chi connectivity index (χ1v) is 13.8. The van der Waals surface area contributed by atoms with Gasteiger partial charge in [-0.15, -0.1) is 0 Å². The molecule has 0 fully saturated rings. The molecule has 0 saturated carbocycles. The van der Waals surface area contributed by atoms with Gasteiger partial charge in [0.25, 0.3) is 0 Å². The maximum absolute atomic E-state index is 12.6. The van der Waals surface area contributed by atoms with Crippen LogP contribution in [-0.2, 0) is 25.7 Å². The molecule has 0 amide bonds. The molecule has 0 radical (unpaired) electrons. The van der Waals surface area contributed by atoms with Crippen LogP contribution in [-0.4, -0.2) is 9.97 Å². The van der Waals surface area contributed by atoms with Crippen molar-refractivity contribution < 1.29 is 8.83 Å². The van der Waals surface area contributed by atoms with Crippen molar-refractivity contribution in [1.82, 2.24) is 9.97 Å². The van der Waals surface area contributed by atoms with E-state index in [0.717, 1.165) is 45.9 Å². The molecule has 41 heavy (non-hydrogen) atoms. The molecule has 6 nitrogen and oxygen atoms in total. The fraction of sp³-hybridized carbons (Fsp3) is 0.118. The van der Waals surface area contributed by atoms with E-state index in [2.05, 4.69) is 16.0 Å². The number of hydrogen-bond donors (Lipinski definition) is 0. The van der Waals surface area contributed by atoms with E-state index >= 15 is 0 Å². The molecule has 0 aliphatic heterocycles. The van der Waals surface area contributed by atoms with Gasteiger partial charge in [-0.1, -0.05) is 41.9 Å². The molecule has 0 aliphatic carbocycles. The molecule has 4 aromatic heterocycles. The Kier molecular flexibility index (Phi) is 6.33. The third kappa shape index (κ3) is 4.87.